The van der Waals surface area contributed by atoms with Gasteiger partial charge in [0.05, 0.1) is 23.4 Å². The van der Waals surface area contributed by atoms with Crippen molar-refractivity contribution >= 4 is 39.3 Å². The first-order valence-electron chi connectivity index (χ1n) is 9.60. The van der Waals surface area contributed by atoms with E-state index in [9.17, 15) is 9.59 Å². The number of fused-ring (bicyclic) bond motifs is 3. The van der Waals surface area contributed by atoms with Gasteiger partial charge in [-0.25, -0.2) is 4.98 Å². The first-order chi connectivity index (χ1) is 13.7. The molecule has 2 aromatic heterocycles. The molecule has 0 N–H and O–H groups in total. The van der Waals surface area contributed by atoms with Gasteiger partial charge in [-0.2, -0.15) is 0 Å². The highest BCUT2D eigenvalue weighted by Crippen LogP contribution is 2.34. The molecule has 3 aromatic rings. The van der Waals surface area contributed by atoms with Crippen LogP contribution in [0.1, 0.15) is 36.6 Å². The van der Waals surface area contributed by atoms with E-state index in [-0.39, 0.29) is 17.3 Å². The zero-order valence-electron chi connectivity index (χ0n) is 15.8. The molecule has 1 aromatic carbocycles. The number of hydrogen-bond acceptors (Lipinski definition) is 6. The maximum atomic E-state index is 13.6. The SMILES string of the molecule is CCOC(=O)CSc1nc2sc3c(c2c(=O)n1-c1ccccc1)CCCCC3. The van der Waals surface area contributed by atoms with Crippen LogP contribution in [-0.2, 0) is 22.4 Å². The summed E-state index contributed by atoms with van der Waals surface area (Å²) < 4.78 is 6.68. The fourth-order valence-electron chi connectivity index (χ4n) is 3.59. The van der Waals surface area contributed by atoms with Crippen molar-refractivity contribution in [1.29, 1.82) is 0 Å². The molecule has 0 radical (unpaired) electrons. The van der Waals surface area contributed by atoms with E-state index in [0.717, 1.165) is 41.6 Å². The van der Waals surface area contributed by atoms with E-state index in [4.69, 9.17) is 9.72 Å². The first-order valence-corrected chi connectivity index (χ1v) is 11.4. The van der Waals surface area contributed by atoms with Crippen LogP contribution < -0.4 is 5.56 Å². The Hall–Kier alpha value is -2.12. The number of nitrogens with zero attached hydrogens (tertiary/aromatic N) is 2. The summed E-state index contributed by atoms with van der Waals surface area (Å²) in [5, 5.41) is 1.29. The van der Waals surface area contributed by atoms with Crippen molar-refractivity contribution in [1.82, 2.24) is 9.55 Å². The van der Waals surface area contributed by atoms with Crippen LogP contribution in [0.15, 0.2) is 40.3 Å². The summed E-state index contributed by atoms with van der Waals surface area (Å²) in [6.45, 7) is 2.13. The maximum Gasteiger partial charge on any atom is 0.316 e. The Morgan fingerprint density at radius 3 is 2.79 bits per heavy atom. The van der Waals surface area contributed by atoms with Crippen LogP contribution in [0.25, 0.3) is 15.9 Å². The van der Waals surface area contributed by atoms with Crippen LogP contribution >= 0.6 is 23.1 Å². The number of aromatic nitrogens is 2. The molecule has 0 aliphatic heterocycles. The molecular weight excluding hydrogens is 392 g/mol. The van der Waals surface area contributed by atoms with E-state index in [2.05, 4.69) is 0 Å². The van der Waals surface area contributed by atoms with Gasteiger partial charge in [-0.1, -0.05) is 36.4 Å². The lowest BCUT2D eigenvalue weighted by Gasteiger charge is -2.12. The van der Waals surface area contributed by atoms with Crippen LogP contribution in [0.3, 0.4) is 0 Å². The van der Waals surface area contributed by atoms with Crippen LogP contribution in [-0.4, -0.2) is 27.9 Å². The minimum atomic E-state index is -0.302. The predicted molar refractivity (Wildman–Crippen MR) is 114 cm³/mol. The minimum Gasteiger partial charge on any atom is -0.465 e. The zero-order valence-corrected chi connectivity index (χ0v) is 17.4. The number of thiophene rings is 1. The van der Waals surface area contributed by atoms with Gasteiger partial charge >= 0.3 is 5.97 Å². The molecule has 28 heavy (non-hydrogen) atoms. The number of hydrogen-bond donors (Lipinski definition) is 0. The number of carbonyl (C=O) groups excluding carboxylic acids is 1. The van der Waals surface area contributed by atoms with Gasteiger partial charge in [-0.3, -0.25) is 14.2 Å². The van der Waals surface area contributed by atoms with E-state index in [1.54, 1.807) is 22.8 Å². The number of carbonyl (C=O) groups is 1. The zero-order chi connectivity index (χ0) is 19.5. The third-order valence-corrected chi connectivity index (χ3v) is 6.94. The molecule has 0 atom stereocenters. The molecule has 4 rings (SSSR count). The molecule has 0 fully saturated rings. The molecule has 1 aliphatic rings. The average molecular weight is 415 g/mol. The molecule has 5 nitrogen and oxygen atoms in total. The summed E-state index contributed by atoms with van der Waals surface area (Å²) in [5.74, 6) is -0.174. The van der Waals surface area contributed by atoms with Gasteiger partial charge in [0.1, 0.15) is 4.83 Å². The Kier molecular flexibility index (Phi) is 5.82. The summed E-state index contributed by atoms with van der Waals surface area (Å²) in [5.41, 5.74) is 1.91. The van der Waals surface area contributed by atoms with Gasteiger partial charge in [0.15, 0.2) is 5.16 Å². The number of thioether (sulfide) groups is 1. The number of rotatable bonds is 5. The molecule has 0 bridgehead atoms. The van der Waals surface area contributed by atoms with Gasteiger partial charge in [-0.15, -0.1) is 11.3 Å². The van der Waals surface area contributed by atoms with Crippen LogP contribution in [0.4, 0.5) is 0 Å². The van der Waals surface area contributed by atoms with E-state index < -0.39 is 0 Å². The van der Waals surface area contributed by atoms with Crippen molar-refractivity contribution in [3.05, 3.63) is 51.1 Å². The maximum absolute atomic E-state index is 13.6. The number of ether oxygens (including phenoxy) is 1. The summed E-state index contributed by atoms with van der Waals surface area (Å²) >= 11 is 2.89. The Morgan fingerprint density at radius 1 is 1.21 bits per heavy atom. The number of aryl methyl sites for hydroxylation is 2. The van der Waals surface area contributed by atoms with E-state index >= 15 is 0 Å². The van der Waals surface area contributed by atoms with Crippen molar-refractivity contribution in [2.75, 3.05) is 12.4 Å². The van der Waals surface area contributed by atoms with Crippen LogP contribution in [0.2, 0.25) is 0 Å². The van der Waals surface area contributed by atoms with Gasteiger partial charge < -0.3 is 4.74 Å². The lowest BCUT2D eigenvalue weighted by atomic mass is 10.1. The van der Waals surface area contributed by atoms with Gasteiger partial charge in [0.2, 0.25) is 0 Å². The normalized spacial score (nSPS) is 13.9. The quantitative estimate of drug-likeness (QED) is 0.268. The predicted octanol–water partition coefficient (Wildman–Crippen LogP) is 4.37. The number of esters is 1. The van der Waals surface area contributed by atoms with Gasteiger partial charge in [-0.05, 0) is 50.3 Å². The minimum absolute atomic E-state index is 0.0399. The summed E-state index contributed by atoms with van der Waals surface area (Å²) in [7, 11) is 0. The summed E-state index contributed by atoms with van der Waals surface area (Å²) in [4.78, 5) is 32.3. The second-order valence-electron chi connectivity index (χ2n) is 6.71. The smallest absolute Gasteiger partial charge is 0.316 e. The van der Waals surface area contributed by atoms with Crippen molar-refractivity contribution in [2.24, 2.45) is 0 Å². The third-order valence-electron chi connectivity index (χ3n) is 4.85. The monoisotopic (exact) mass is 414 g/mol. The highest BCUT2D eigenvalue weighted by Gasteiger charge is 2.22. The average Bonchev–Trinajstić information content (AvgIpc) is 2.89. The highest BCUT2D eigenvalue weighted by atomic mass is 32.2. The molecule has 0 saturated carbocycles. The molecule has 0 unspecified atom stereocenters. The van der Waals surface area contributed by atoms with E-state index in [1.165, 1.54) is 28.6 Å². The topological polar surface area (TPSA) is 61.2 Å². The molecule has 7 heteroatoms. The summed E-state index contributed by atoms with van der Waals surface area (Å²) in [6, 6.07) is 9.52. The molecule has 0 spiro atoms. The fraction of sp³-hybridized carbons (Fsp3) is 0.381. The van der Waals surface area contributed by atoms with Gasteiger partial charge in [0, 0.05) is 4.88 Å². The van der Waals surface area contributed by atoms with Crippen molar-refractivity contribution in [2.45, 2.75) is 44.2 Å². The molecule has 2 heterocycles. The highest BCUT2D eigenvalue weighted by molar-refractivity contribution is 7.99. The molecule has 0 saturated heterocycles. The van der Waals surface area contributed by atoms with Crippen molar-refractivity contribution in [3.8, 4) is 5.69 Å². The second kappa shape index (κ2) is 8.49. The Balaban J connectivity index is 1.87. The lowest BCUT2D eigenvalue weighted by molar-refractivity contribution is -0.139. The molecule has 0 amide bonds. The van der Waals surface area contributed by atoms with Crippen molar-refractivity contribution < 1.29 is 9.53 Å². The second-order valence-corrected chi connectivity index (χ2v) is 8.73. The largest absolute Gasteiger partial charge is 0.465 e. The van der Waals surface area contributed by atoms with Crippen molar-refractivity contribution in [3.63, 3.8) is 0 Å². The fourth-order valence-corrected chi connectivity index (χ4v) is 5.70. The Bertz CT molecular complexity index is 1060. The summed E-state index contributed by atoms with van der Waals surface area (Å²) in [6.07, 6.45) is 5.44. The standard InChI is InChI=1S/C21H22N2O3S2/c1-2-26-17(24)13-27-21-22-19-18(15-11-7-4-8-12-16(15)28-19)20(25)23(21)14-9-5-3-6-10-14/h3,5-6,9-10H,2,4,7-8,11-13H2,1H3. The van der Waals surface area contributed by atoms with E-state index in [0.29, 0.717) is 11.8 Å². The van der Waals surface area contributed by atoms with Crippen LogP contribution in [0, 0.1) is 0 Å². The Labute approximate surface area is 171 Å². The third kappa shape index (κ3) is 3.73. The molecule has 146 valence electrons. The first kappa shape index (κ1) is 19.2. The molecular formula is C21H22N2O3S2. The van der Waals surface area contributed by atoms with Crippen LogP contribution in [0.5, 0.6) is 0 Å². The number of benzene rings is 1. The Morgan fingerprint density at radius 2 is 2.00 bits per heavy atom. The molecule has 1 aliphatic carbocycles. The van der Waals surface area contributed by atoms with Gasteiger partial charge in [0.25, 0.3) is 5.56 Å². The van der Waals surface area contributed by atoms with E-state index in [1.807, 2.05) is 30.3 Å². The number of para-hydroxylation sites is 1. The lowest BCUT2D eigenvalue weighted by Crippen LogP contribution is -2.22.